The SMILES string of the molecule is Cc1c([N+](=O)[O-])c(OCCCNc2nc(Cl)nc3c2c(Cl)cn3COCC[Si](C)(C)C)nn1C1CCCOC1. The minimum absolute atomic E-state index is 0.0183. The Kier molecular flexibility index (Phi) is 9.70. The molecule has 3 aromatic rings. The highest BCUT2D eigenvalue weighted by molar-refractivity contribution is 6.76. The van der Waals surface area contributed by atoms with Crippen molar-refractivity contribution in [3.8, 4) is 5.88 Å². The van der Waals surface area contributed by atoms with Crippen molar-refractivity contribution in [2.24, 2.45) is 0 Å². The highest BCUT2D eigenvalue weighted by Crippen LogP contribution is 2.34. The Labute approximate surface area is 238 Å². The topological polar surface area (TPSA) is 131 Å². The maximum absolute atomic E-state index is 11.7. The molecule has 1 aliphatic rings. The van der Waals surface area contributed by atoms with Gasteiger partial charge in [0.1, 0.15) is 18.2 Å². The molecule has 4 rings (SSSR count). The number of halogens is 2. The lowest BCUT2D eigenvalue weighted by molar-refractivity contribution is -0.386. The largest absolute Gasteiger partial charge is 0.472 e. The van der Waals surface area contributed by atoms with E-state index in [1.165, 1.54) is 0 Å². The molecule has 0 amide bonds. The maximum Gasteiger partial charge on any atom is 0.352 e. The molecule has 12 nitrogen and oxygen atoms in total. The molecule has 1 aliphatic heterocycles. The Bertz CT molecular complexity index is 1300. The first-order valence-electron chi connectivity index (χ1n) is 13.0. The molecule has 0 aromatic carbocycles. The normalized spacial score (nSPS) is 16.1. The van der Waals surface area contributed by atoms with Crippen molar-refractivity contribution in [2.45, 2.75) is 64.6 Å². The van der Waals surface area contributed by atoms with Crippen LogP contribution in [0.1, 0.15) is 31.0 Å². The Morgan fingerprint density at radius 3 is 2.77 bits per heavy atom. The minimum atomic E-state index is -1.19. The molecule has 0 saturated carbocycles. The van der Waals surface area contributed by atoms with Gasteiger partial charge in [-0.3, -0.25) is 14.8 Å². The van der Waals surface area contributed by atoms with Gasteiger partial charge in [0.15, 0.2) is 5.65 Å². The highest BCUT2D eigenvalue weighted by Gasteiger charge is 2.30. The van der Waals surface area contributed by atoms with Crippen molar-refractivity contribution >= 4 is 53.8 Å². The second-order valence-corrected chi connectivity index (χ2v) is 17.1. The molecular formula is C24H35Cl2N7O5Si. The van der Waals surface area contributed by atoms with Crippen LogP contribution in [0.3, 0.4) is 0 Å². The van der Waals surface area contributed by atoms with Gasteiger partial charge in [0, 0.05) is 34.0 Å². The van der Waals surface area contributed by atoms with Crippen LogP contribution in [0.4, 0.5) is 11.5 Å². The number of nitro groups is 1. The van der Waals surface area contributed by atoms with Gasteiger partial charge in [-0.1, -0.05) is 31.2 Å². The van der Waals surface area contributed by atoms with Crippen molar-refractivity contribution < 1.29 is 19.1 Å². The van der Waals surface area contributed by atoms with Crippen LogP contribution in [-0.2, 0) is 16.2 Å². The lowest BCUT2D eigenvalue weighted by atomic mass is 10.1. The molecule has 15 heteroatoms. The Hall–Kier alpha value is -2.45. The standard InChI is InChI=1S/C24H35Cl2N7O5Si/c1-16-20(33(34)35)23(30-32(16)17-7-5-9-36-14-17)38-10-6-8-27-21-19-18(25)13-31(22(19)29-24(26)28-21)15-37-11-12-39(2,3)4/h13,17H,5-12,14-15H2,1-4H3,(H,27,28,29). The highest BCUT2D eigenvalue weighted by atomic mass is 35.5. The summed E-state index contributed by atoms with van der Waals surface area (Å²) in [6.45, 7) is 11.4. The molecule has 4 heterocycles. The fourth-order valence-electron chi connectivity index (χ4n) is 4.39. The molecule has 3 aromatic heterocycles. The van der Waals surface area contributed by atoms with E-state index in [0.717, 1.165) is 18.9 Å². The Morgan fingerprint density at radius 1 is 1.28 bits per heavy atom. The average Bonchev–Trinajstić information content (AvgIpc) is 3.37. The van der Waals surface area contributed by atoms with Crippen molar-refractivity contribution in [1.82, 2.24) is 24.3 Å². The lowest BCUT2D eigenvalue weighted by Crippen LogP contribution is -2.23. The number of hydrogen-bond acceptors (Lipinski definition) is 9. The van der Waals surface area contributed by atoms with Gasteiger partial charge in [0.25, 0.3) is 0 Å². The maximum atomic E-state index is 11.7. The van der Waals surface area contributed by atoms with Crippen LogP contribution in [0, 0.1) is 17.0 Å². The second-order valence-electron chi connectivity index (χ2n) is 10.8. The summed E-state index contributed by atoms with van der Waals surface area (Å²) >= 11 is 12.7. The summed E-state index contributed by atoms with van der Waals surface area (Å²) in [5.41, 5.74) is 0.929. The predicted molar refractivity (Wildman–Crippen MR) is 153 cm³/mol. The van der Waals surface area contributed by atoms with Crippen molar-refractivity contribution in [3.63, 3.8) is 0 Å². The van der Waals surface area contributed by atoms with E-state index in [-0.39, 0.29) is 29.5 Å². The molecule has 39 heavy (non-hydrogen) atoms. The number of aromatic nitrogens is 5. The third kappa shape index (κ3) is 7.40. The van der Waals surface area contributed by atoms with Crippen molar-refractivity contribution in [2.75, 3.05) is 38.3 Å². The fourth-order valence-corrected chi connectivity index (χ4v) is 5.60. The van der Waals surface area contributed by atoms with Crippen LogP contribution in [0.5, 0.6) is 5.88 Å². The molecule has 0 bridgehead atoms. The lowest BCUT2D eigenvalue weighted by Gasteiger charge is -2.22. The summed E-state index contributed by atoms with van der Waals surface area (Å²) in [6, 6.07) is 1.02. The number of rotatable bonds is 13. The molecule has 1 fully saturated rings. The van der Waals surface area contributed by atoms with E-state index in [0.29, 0.717) is 67.1 Å². The van der Waals surface area contributed by atoms with Gasteiger partial charge in [0.05, 0.1) is 34.6 Å². The second kappa shape index (κ2) is 12.8. The molecule has 0 spiro atoms. The van der Waals surface area contributed by atoms with E-state index in [9.17, 15) is 10.1 Å². The smallest absolute Gasteiger partial charge is 0.352 e. The predicted octanol–water partition coefficient (Wildman–Crippen LogP) is 5.70. The van der Waals surface area contributed by atoms with Crippen LogP contribution in [0.2, 0.25) is 36.0 Å². The monoisotopic (exact) mass is 599 g/mol. The summed E-state index contributed by atoms with van der Waals surface area (Å²) in [6.07, 6.45) is 4.03. The van der Waals surface area contributed by atoms with Gasteiger partial charge < -0.3 is 24.1 Å². The van der Waals surface area contributed by atoms with E-state index in [1.807, 2.05) is 4.57 Å². The molecule has 214 valence electrons. The minimum Gasteiger partial charge on any atom is -0.472 e. The van der Waals surface area contributed by atoms with E-state index in [4.69, 9.17) is 37.4 Å². The van der Waals surface area contributed by atoms with Gasteiger partial charge in [-0.25, -0.2) is 0 Å². The number of nitrogens with one attached hydrogen (secondary N) is 1. The van der Waals surface area contributed by atoms with E-state index in [1.54, 1.807) is 17.8 Å². The summed E-state index contributed by atoms with van der Waals surface area (Å²) in [5, 5.41) is 20.6. The number of ether oxygens (including phenoxy) is 3. The van der Waals surface area contributed by atoms with E-state index in [2.05, 4.69) is 40.0 Å². The van der Waals surface area contributed by atoms with Crippen LogP contribution in [-0.4, -0.2) is 70.3 Å². The van der Waals surface area contributed by atoms with E-state index < -0.39 is 13.0 Å². The molecule has 1 atom stereocenters. The van der Waals surface area contributed by atoms with Gasteiger partial charge in [-0.2, -0.15) is 9.97 Å². The number of nitrogens with zero attached hydrogens (tertiary/aromatic N) is 6. The first kappa shape index (κ1) is 29.5. The summed E-state index contributed by atoms with van der Waals surface area (Å²) in [5.74, 6) is 0.518. The van der Waals surface area contributed by atoms with Gasteiger partial charge in [0.2, 0.25) is 5.28 Å². The summed E-state index contributed by atoms with van der Waals surface area (Å²) < 4.78 is 20.6. The van der Waals surface area contributed by atoms with Gasteiger partial charge in [-0.15, -0.1) is 5.10 Å². The first-order valence-corrected chi connectivity index (χ1v) is 17.5. The van der Waals surface area contributed by atoms with Crippen molar-refractivity contribution in [3.05, 3.63) is 32.3 Å². The number of hydrogen-bond donors (Lipinski definition) is 1. The molecule has 0 radical (unpaired) electrons. The fraction of sp³-hybridized carbons (Fsp3) is 0.625. The van der Waals surface area contributed by atoms with Crippen LogP contribution in [0.15, 0.2) is 6.20 Å². The van der Waals surface area contributed by atoms with Crippen LogP contribution >= 0.6 is 23.2 Å². The van der Waals surface area contributed by atoms with Gasteiger partial charge in [-0.05, 0) is 43.8 Å². The zero-order valence-corrected chi connectivity index (χ0v) is 25.2. The number of anilines is 1. The Morgan fingerprint density at radius 2 is 2.08 bits per heavy atom. The molecule has 1 N–H and O–H groups in total. The number of fused-ring (bicyclic) bond motifs is 1. The average molecular weight is 601 g/mol. The van der Waals surface area contributed by atoms with Crippen molar-refractivity contribution in [1.29, 1.82) is 0 Å². The third-order valence-corrected chi connectivity index (χ3v) is 8.63. The zero-order chi connectivity index (χ0) is 28.2. The van der Waals surface area contributed by atoms with Crippen LogP contribution in [0.25, 0.3) is 11.0 Å². The summed E-state index contributed by atoms with van der Waals surface area (Å²) in [7, 11) is -1.19. The van der Waals surface area contributed by atoms with Gasteiger partial charge >= 0.3 is 11.6 Å². The van der Waals surface area contributed by atoms with E-state index >= 15 is 0 Å². The third-order valence-electron chi connectivity index (χ3n) is 6.47. The quantitative estimate of drug-likeness (QED) is 0.0863. The Balaban J connectivity index is 1.37. The molecule has 1 saturated heterocycles. The first-order chi connectivity index (χ1) is 18.5. The van der Waals surface area contributed by atoms with Crippen LogP contribution < -0.4 is 10.1 Å². The molecule has 0 aliphatic carbocycles. The summed E-state index contributed by atoms with van der Waals surface area (Å²) in [4.78, 5) is 19.9. The zero-order valence-electron chi connectivity index (χ0n) is 22.7. The molecule has 1 unspecified atom stereocenters. The molecular weight excluding hydrogens is 565 g/mol.